The fourth-order valence-corrected chi connectivity index (χ4v) is 2.07. The van der Waals surface area contributed by atoms with Crippen LogP contribution >= 0.6 is 15.9 Å². The van der Waals surface area contributed by atoms with Gasteiger partial charge in [0, 0.05) is 17.1 Å². The normalized spacial score (nSPS) is 10.2. The number of hydrogen-bond acceptors (Lipinski definition) is 5. The Morgan fingerprint density at radius 2 is 2.14 bits per heavy atom. The van der Waals surface area contributed by atoms with Gasteiger partial charge in [0.1, 0.15) is 17.4 Å². The number of nitro groups is 1. The van der Waals surface area contributed by atoms with Gasteiger partial charge in [-0.3, -0.25) is 10.1 Å². The molecule has 0 aliphatic carbocycles. The molecule has 0 fully saturated rings. The van der Waals surface area contributed by atoms with Gasteiger partial charge in [-0.1, -0.05) is 15.9 Å². The van der Waals surface area contributed by atoms with Gasteiger partial charge in [-0.15, -0.1) is 0 Å². The summed E-state index contributed by atoms with van der Waals surface area (Å²) in [5.41, 5.74) is -0.161. The van der Waals surface area contributed by atoms with Crippen molar-refractivity contribution in [3.63, 3.8) is 0 Å². The third-order valence-electron chi connectivity index (χ3n) is 2.41. The van der Waals surface area contributed by atoms with Gasteiger partial charge in [0.25, 0.3) is 5.69 Å². The molecule has 0 unspecified atom stereocenters. The van der Waals surface area contributed by atoms with Crippen LogP contribution in [0.15, 0.2) is 34.8 Å². The lowest BCUT2D eigenvalue weighted by atomic mass is 10.3. The summed E-state index contributed by atoms with van der Waals surface area (Å²) in [6.07, 6.45) is 0. The maximum atomic E-state index is 13.3. The molecule has 8 heteroatoms. The molecule has 1 aromatic carbocycles. The summed E-state index contributed by atoms with van der Waals surface area (Å²) in [6.45, 7) is 2.39. The molecule has 1 aromatic heterocycles. The molecule has 0 aliphatic heterocycles. The van der Waals surface area contributed by atoms with Gasteiger partial charge in [0.15, 0.2) is 0 Å². The van der Waals surface area contributed by atoms with Crippen LogP contribution in [0.25, 0.3) is 0 Å². The maximum absolute atomic E-state index is 13.3. The number of hydrogen-bond donors (Lipinski definition) is 1. The van der Waals surface area contributed by atoms with Crippen LogP contribution in [0, 0.1) is 15.9 Å². The van der Waals surface area contributed by atoms with E-state index in [1.807, 2.05) is 6.92 Å². The van der Waals surface area contributed by atoms with Crippen LogP contribution in [-0.2, 0) is 0 Å². The van der Waals surface area contributed by atoms with E-state index in [1.54, 1.807) is 0 Å². The molecule has 6 nitrogen and oxygen atoms in total. The van der Waals surface area contributed by atoms with Crippen molar-refractivity contribution in [1.29, 1.82) is 0 Å². The predicted octanol–water partition coefficient (Wildman–Crippen LogP) is 4.12. The highest BCUT2D eigenvalue weighted by molar-refractivity contribution is 9.10. The number of aromatic nitrogens is 1. The van der Waals surface area contributed by atoms with Crippen molar-refractivity contribution in [2.24, 2.45) is 0 Å². The second-order valence-corrected chi connectivity index (χ2v) is 4.96. The van der Waals surface area contributed by atoms with E-state index in [2.05, 4.69) is 26.2 Å². The Bertz CT molecular complexity index is 661. The van der Waals surface area contributed by atoms with Gasteiger partial charge >= 0.3 is 0 Å². The quantitative estimate of drug-likeness (QED) is 0.644. The van der Waals surface area contributed by atoms with E-state index in [1.165, 1.54) is 24.3 Å². The minimum Gasteiger partial charge on any atom is -0.439 e. The number of anilines is 1. The zero-order valence-corrected chi connectivity index (χ0v) is 12.6. The third kappa shape index (κ3) is 4.12. The van der Waals surface area contributed by atoms with Crippen LogP contribution in [0.3, 0.4) is 0 Å². The molecular weight excluding hydrogens is 345 g/mol. The van der Waals surface area contributed by atoms with E-state index < -0.39 is 10.7 Å². The molecule has 1 N–H and O–H groups in total. The lowest BCUT2D eigenvalue weighted by Gasteiger charge is -2.08. The molecule has 0 aliphatic rings. The molecule has 0 amide bonds. The van der Waals surface area contributed by atoms with Gasteiger partial charge in [0.05, 0.1) is 17.1 Å². The minimum atomic E-state index is -0.545. The number of rotatable bonds is 5. The number of halogens is 2. The van der Waals surface area contributed by atoms with E-state index in [-0.39, 0.29) is 17.3 Å². The summed E-state index contributed by atoms with van der Waals surface area (Å²) in [7, 11) is 0. The Hall–Kier alpha value is -2.22. The summed E-state index contributed by atoms with van der Waals surface area (Å²) >= 11 is 3.14. The Kier molecular flexibility index (Phi) is 4.69. The van der Waals surface area contributed by atoms with Crippen molar-refractivity contribution in [2.45, 2.75) is 6.92 Å². The van der Waals surface area contributed by atoms with E-state index in [0.29, 0.717) is 16.8 Å². The predicted molar refractivity (Wildman–Crippen MR) is 79.2 cm³/mol. The van der Waals surface area contributed by atoms with Gasteiger partial charge < -0.3 is 10.1 Å². The zero-order valence-electron chi connectivity index (χ0n) is 11.0. The number of ether oxygens (including phenoxy) is 1. The Morgan fingerprint density at radius 1 is 1.38 bits per heavy atom. The van der Waals surface area contributed by atoms with Crippen LogP contribution in [0.2, 0.25) is 0 Å². The SMILES string of the molecule is CCNc1cc([N+](=O)[O-])cc(Oc2cc(F)cc(Br)c2)n1. The summed E-state index contributed by atoms with van der Waals surface area (Å²) < 4.78 is 19.2. The van der Waals surface area contributed by atoms with Gasteiger partial charge in [-0.2, -0.15) is 4.98 Å². The fourth-order valence-electron chi connectivity index (χ4n) is 1.63. The van der Waals surface area contributed by atoms with Gasteiger partial charge in [0.2, 0.25) is 5.88 Å². The monoisotopic (exact) mass is 355 g/mol. The molecule has 21 heavy (non-hydrogen) atoms. The summed E-state index contributed by atoms with van der Waals surface area (Å²) in [6, 6.07) is 6.46. The van der Waals surface area contributed by atoms with Crippen molar-refractivity contribution in [3.05, 3.63) is 50.7 Å². The topological polar surface area (TPSA) is 77.3 Å². The standard InChI is InChI=1S/C13H11BrFN3O3/c1-2-16-12-6-10(18(19)20)7-13(17-12)21-11-4-8(14)3-9(15)5-11/h3-7H,2H2,1H3,(H,16,17). The van der Waals surface area contributed by atoms with Crippen molar-refractivity contribution in [2.75, 3.05) is 11.9 Å². The smallest absolute Gasteiger partial charge is 0.278 e. The van der Waals surface area contributed by atoms with Crippen LogP contribution in [0.5, 0.6) is 11.6 Å². The Balaban J connectivity index is 2.35. The van der Waals surface area contributed by atoms with Crippen LogP contribution in [-0.4, -0.2) is 16.5 Å². The zero-order chi connectivity index (χ0) is 15.4. The molecule has 110 valence electrons. The molecule has 0 saturated carbocycles. The first kappa shape index (κ1) is 15.2. The average Bonchev–Trinajstić information content (AvgIpc) is 2.37. The van der Waals surface area contributed by atoms with E-state index >= 15 is 0 Å². The third-order valence-corrected chi connectivity index (χ3v) is 2.87. The summed E-state index contributed by atoms with van der Waals surface area (Å²) in [5.74, 6) is 0.0313. The molecule has 0 atom stereocenters. The molecule has 0 radical (unpaired) electrons. The van der Waals surface area contributed by atoms with Crippen molar-refractivity contribution < 1.29 is 14.1 Å². The first-order valence-corrected chi connectivity index (χ1v) is 6.81. The number of pyridine rings is 1. The molecular formula is C13H11BrFN3O3. The highest BCUT2D eigenvalue weighted by atomic mass is 79.9. The van der Waals surface area contributed by atoms with Gasteiger partial charge in [-0.25, -0.2) is 4.39 Å². The highest BCUT2D eigenvalue weighted by Gasteiger charge is 2.13. The molecule has 0 spiro atoms. The van der Waals surface area contributed by atoms with Crippen molar-refractivity contribution >= 4 is 27.4 Å². The van der Waals surface area contributed by atoms with Crippen LogP contribution in [0.4, 0.5) is 15.9 Å². The van der Waals surface area contributed by atoms with E-state index in [4.69, 9.17) is 4.74 Å². The Labute approximate surface area is 128 Å². The lowest BCUT2D eigenvalue weighted by molar-refractivity contribution is -0.384. The molecule has 2 rings (SSSR count). The minimum absolute atomic E-state index is 0.0117. The second kappa shape index (κ2) is 6.49. The van der Waals surface area contributed by atoms with Crippen molar-refractivity contribution in [3.8, 4) is 11.6 Å². The number of nitrogens with zero attached hydrogens (tertiary/aromatic N) is 2. The molecule has 2 aromatic rings. The van der Waals surface area contributed by atoms with Crippen LogP contribution < -0.4 is 10.1 Å². The fraction of sp³-hybridized carbons (Fsp3) is 0.154. The van der Waals surface area contributed by atoms with E-state index in [0.717, 1.165) is 6.07 Å². The number of benzene rings is 1. The first-order chi connectivity index (χ1) is 9.97. The summed E-state index contributed by atoms with van der Waals surface area (Å²) in [5, 5.41) is 13.8. The van der Waals surface area contributed by atoms with E-state index in [9.17, 15) is 14.5 Å². The largest absolute Gasteiger partial charge is 0.439 e. The Morgan fingerprint density at radius 3 is 2.76 bits per heavy atom. The van der Waals surface area contributed by atoms with Crippen molar-refractivity contribution in [1.82, 2.24) is 4.98 Å². The number of nitrogens with one attached hydrogen (secondary N) is 1. The molecule has 0 bridgehead atoms. The average molecular weight is 356 g/mol. The summed E-state index contributed by atoms with van der Waals surface area (Å²) in [4.78, 5) is 14.4. The van der Waals surface area contributed by atoms with Gasteiger partial charge in [-0.05, 0) is 19.1 Å². The molecule has 1 heterocycles. The second-order valence-electron chi connectivity index (χ2n) is 4.04. The maximum Gasteiger partial charge on any atom is 0.278 e. The van der Waals surface area contributed by atoms with Crippen LogP contribution in [0.1, 0.15) is 6.92 Å². The highest BCUT2D eigenvalue weighted by Crippen LogP contribution is 2.28. The molecule has 0 saturated heterocycles. The lowest BCUT2D eigenvalue weighted by Crippen LogP contribution is -2.02. The first-order valence-electron chi connectivity index (χ1n) is 6.02.